The maximum atomic E-state index is 11.9. The lowest BCUT2D eigenvalue weighted by Crippen LogP contribution is -2.32. The Bertz CT molecular complexity index is 463. The molecule has 0 fully saturated rings. The van der Waals surface area contributed by atoms with E-state index >= 15 is 0 Å². The summed E-state index contributed by atoms with van der Waals surface area (Å²) >= 11 is 0. The van der Waals surface area contributed by atoms with Crippen molar-refractivity contribution < 1.29 is 14.7 Å². The van der Waals surface area contributed by atoms with Crippen LogP contribution < -0.4 is 10.6 Å². The summed E-state index contributed by atoms with van der Waals surface area (Å²) in [6, 6.07) is 7.34. The second-order valence-electron chi connectivity index (χ2n) is 4.58. The fourth-order valence-corrected chi connectivity index (χ4v) is 1.75. The molecule has 3 N–H and O–H groups in total. The Morgan fingerprint density at radius 1 is 1.35 bits per heavy atom. The normalized spacial score (nSPS) is 10.1. The van der Waals surface area contributed by atoms with Crippen molar-refractivity contribution >= 4 is 17.7 Å². The summed E-state index contributed by atoms with van der Waals surface area (Å²) in [5.41, 5.74) is 1.81. The molecular formula is C14H21N3O3. The molecule has 0 aromatic heterocycles. The van der Waals surface area contributed by atoms with Crippen LogP contribution in [0.15, 0.2) is 24.3 Å². The molecule has 20 heavy (non-hydrogen) atoms. The molecule has 0 bridgehead atoms. The van der Waals surface area contributed by atoms with Gasteiger partial charge in [-0.1, -0.05) is 12.1 Å². The van der Waals surface area contributed by atoms with Crippen molar-refractivity contribution in [2.75, 3.05) is 26.0 Å². The van der Waals surface area contributed by atoms with Crippen molar-refractivity contribution in [1.82, 2.24) is 10.2 Å². The molecule has 1 aromatic carbocycles. The molecule has 6 heteroatoms. The summed E-state index contributed by atoms with van der Waals surface area (Å²) in [7, 11) is 3.51. The highest BCUT2D eigenvalue weighted by atomic mass is 16.4. The second kappa shape index (κ2) is 8.16. The lowest BCUT2D eigenvalue weighted by molar-refractivity contribution is -0.137. The summed E-state index contributed by atoms with van der Waals surface area (Å²) in [6.45, 7) is 1.15. The molecule has 0 aliphatic rings. The van der Waals surface area contributed by atoms with Crippen LogP contribution in [0.3, 0.4) is 0 Å². The van der Waals surface area contributed by atoms with Gasteiger partial charge in [0.25, 0.3) is 0 Å². The molecule has 2 amide bonds. The average molecular weight is 279 g/mol. The Morgan fingerprint density at radius 2 is 2.10 bits per heavy atom. The highest BCUT2D eigenvalue weighted by Gasteiger charge is 2.09. The van der Waals surface area contributed by atoms with Crippen LogP contribution in [0, 0.1) is 0 Å². The predicted octanol–water partition coefficient (Wildman–Crippen LogP) is 1.73. The molecular weight excluding hydrogens is 258 g/mol. The van der Waals surface area contributed by atoms with Gasteiger partial charge in [0.05, 0.1) is 0 Å². The number of nitrogens with one attached hydrogen (secondary N) is 2. The van der Waals surface area contributed by atoms with Gasteiger partial charge in [0.15, 0.2) is 0 Å². The van der Waals surface area contributed by atoms with Gasteiger partial charge >= 0.3 is 12.0 Å². The number of carbonyl (C=O) groups excluding carboxylic acids is 1. The Hall–Kier alpha value is -2.08. The summed E-state index contributed by atoms with van der Waals surface area (Å²) in [5, 5.41) is 14.4. The number of carbonyl (C=O) groups is 2. The molecule has 0 unspecified atom stereocenters. The van der Waals surface area contributed by atoms with Gasteiger partial charge in [-0.25, -0.2) is 4.79 Å². The number of urea groups is 1. The molecule has 0 radical (unpaired) electrons. The van der Waals surface area contributed by atoms with Gasteiger partial charge in [0.2, 0.25) is 0 Å². The third-order valence-corrected chi connectivity index (χ3v) is 2.79. The first-order chi connectivity index (χ1) is 9.52. The zero-order chi connectivity index (χ0) is 15.0. The number of hydrogen-bond acceptors (Lipinski definition) is 3. The van der Waals surface area contributed by atoms with Gasteiger partial charge in [-0.05, 0) is 31.2 Å². The zero-order valence-corrected chi connectivity index (χ0v) is 11.8. The molecule has 0 saturated heterocycles. The molecule has 6 nitrogen and oxygen atoms in total. The lowest BCUT2D eigenvalue weighted by atomic mass is 10.2. The highest BCUT2D eigenvalue weighted by Crippen LogP contribution is 2.11. The number of rotatable bonds is 7. The number of carboxylic acids is 1. The van der Waals surface area contributed by atoms with Crippen molar-refractivity contribution in [3.05, 3.63) is 29.8 Å². The van der Waals surface area contributed by atoms with Gasteiger partial charge in [0, 0.05) is 32.2 Å². The molecule has 0 saturated carbocycles. The third kappa shape index (κ3) is 5.71. The number of hydrogen-bond donors (Lipinski definition) is 3. The smallest absolute Gasteiger partial charge is 0.321 e. The van der Waals surface area contributed by atoms with Gasteiger partial charge in [0.1, 0.15) is 0 Å². The van der Waals surface area contributed by atoms with E-state index in [1.54, 1.807) is 7.05 Å². The first kappa shape index (κ1) is 16.0. The third-order valence-electron chi connectivity index (χ3n) is 2.79. The lowest BCUT2D eigenvalue weighted by Gasteiger charge is -2.17. The van der Waals surface area contributed by atoms with E-state index in [1.165, 1.54) is 4.90 Å². The highest BCUT2D eigenvalue weighted by molar-refractivity contribution is 5.89. The first-order valence-corrected chi connectivity index (χ1v) is 6.50. The van der Waals surface area contributed by atoms with Crippen molar-refractivity contribution in [1.29, 1.82) is 0 Å². The van der Waals surface area contributed by atoms with Crippen LogP contribution in [-0.4, -0.2) is 42.6 Å². The van der Waals surface area contributed by atoms with Crippen LogP contribution in [0.1, 0.15) is 18.4 Å². The molecule has 0 aliphatic carbocycles. The number of anilines is 1. The number of nitrogens with zero attached hydrogens (tertiary/aromatic N) is 1. The van der Waals surface area contributed by atoms with E-state index in [1.807, 2.05) is 31.3 Å². The van der Waals surface area contributed by atoms with Crippen LogP contribution in [0.2, 0.25) is 0 Å². The average Bonchev–Trinajstić information content (AvgIpc) is 2.39. The SMILES string of the molecule is CNCc1cccc(NC(=O)N(C)CCCC(=O)O)c1. The number of amides is 2. The molecule has 1 aromatic rings. The van der Waals surface area contributed by atoms with Crippen LogP contribution in [0.5, 0.6) is 0 Å². The molecule has 0 atom stereocenters. The number of benzene rings is 1. The second-order valence-corrected chi connectivity index (χ2v) is 4.58. The van der Waals surface area contributed by atoms with Crippen LogP contribution in [0.4, 0.5) is 10.5 Å². The van der Waals surface area contributed by atoms with E-state index in [4.69, 9.17) is 5.11 Å². The van der Waals surface area contributed by atoms with E-state index < -0.39 is 5.97 Å². The van der Waals surface area contributed by atoms with E-state index in [2.05, 4.69) is 10.6 Å². The Balaban J connectivity index is 2.48. The standard InChI is InChI=1S/C14H21N3O3/c1-15-10-11-5-3-6-12(9-11)16-14(20)17(2)8-4-7-13(18)19/h3,5-6,9,15H,4,7-8,10H2,1-2H3,(H,16,20)(H,18,19). The predicted molar refractivity (Wildman–Crippen MR) is 77.7 cm³/mol. The topological polar surface area (TPSA) is 81.7 Å². The van der Waals surface area contributed by atoms with Gasteiger partial charge < -0.3 is 20.6 Å². The Morgan fingerprint density at radius 3 is 2.75 bits per heavy atom. The van der Waals surface area contributed by atoms with E-state index in [-0.39, 0.29) is 12.5 Å². The Kier molecular flexibility index (Phi) is 6.52. The molecule has 1 rings (SSSR count). The van der Waals surface area contributed by atoms with Crippen molar-refractivity contribution in [2.45, 2.75) is 19.4 Å². The summed E-state index contributed by atoms with van der Waals surface area (Å²) < 4.78 is 0. The minimum absolute atomic E-state index is 0.0648. The number of aliphatic carboxylic acids is 1. The quantitative estimate of drug-likeness (QED) is 0.710. The summed E-state index contributed by atoms with van der Waals surface area (Å²) in [5.74, 6) is -0.849. The maximum Gasteiger partial charge on any atom is 0.321 e. The zero-order valence-electron chi connectivity index (χ0n) is 11.8. The summed E-state index contributed by atoms with van der Waals surface area (Å²) in [6.07, 6.45) is 0.508. The summed E-state index contributed by atoms with van der Waals surface area (Å²) in [4.78, 5) is 23.8. The Labute approximate surface area is 118 Å². The fourth-order valence-electron chi connectivity index (χ4n) is 1.75. The van der Waals surface area contributed by atoms with Gasteiger partial charge in [-0.2, -0.15) is 0 Å². The van der Waals surface area contributed by atoms with Crippen LogP contribution >= 0.6 is 0 Å². The molecule has 0 heterocycles. The fraction of sp³-hybridized carbons (Fsp3) is 0.429. The van der Waals surface area contributed by atoms with Crippen molar-refractivity contribution in [3.8, 4) is 0 Å². The monoisotopic (exact) mass is 279 g/mol. The molecule has 0 spiro atoms. The van der Waals surface area contributed by atoms with Crippen molar-refractivity contribution in [2.24, 2.45) is 0 Å². The van der Waals surface area contributed by atoms with E-state index in [0.29, 0.717) is 13.0 Å². The minimum atomic E-state index is -0.849. The molecule has 0 aliphatic heterocycles. The van der Waals surface area contributed by atoms with Crippen LogP contribution in [-0.2, 0) is 11.3 Å². The van der Waals surface area contributed by atoms with E-state index in [0.717, 1.165) is 17.8 Å². The maximum absolute atomic E-state index is 11.9. The largest absolute Gasteiger partial charge is 0.481 e. The van der Waals surface area contributed by atoms with Crippen molar-refractivity contribution in [3.63, 3.8) is 0 Å². The van der Waals surface area contributed by atoms with Gasteiger partial charge in [-0.3, -0.25) is 4.79 Å². The van der Waals surface area contributed by atoms with Crippen LogP contribution in [0.25, 0.3) is 0 Å². The molecule has 110 valence electrons. The minimum Gasteiger partial charge on any atom is -0.481 e. The van der Waals surface area contributed by atoms with E-state index in [9.17, 15) is 9.59 Å². The first-order valence-electron chi connectivity index (χ1n) is 6.50. The number of carboxylic acid groups (broad SMARTS) is 1. The van der Waals surface area contributed by atoms with Gasteiger partial charge in [-0.15, -0.1) is 0 Å².